The predicted octanol–water partition coefficient (Wildman–Crippen LogP) is 3.22. The van der Waals surface area contributed by atoms with Crippen LogP contribution in [-0.4, -0.2) is 43.9 Å². The van der Waals surface area contributed by atoms with Crippen LogP contribution in [0.25, 0.3) is 5.69 Å². The van der Waals surface area contributed by atoms with E-state index in [9.17, 15) is 9.90 Å². The van der Waals surface area contributed by atoms with Gasteiger partial charge in [0.05, 0.1) is 6.10 Å². The molecule has 134 valence electrons. The summed E-state index contributed by atoms with van der Waals surface area (Å²) in [4.78, 5) is 18.6. The molecule has 3 rings (SSSR count). The molecule has 6 nitrogen and oxygen atoms in total. The summed E-state index contributed by atoms with van der Waals surface area (Å²) in [5.74, 6) is 0.640. The predicted molar refractivity (Wildman–Crippen MR) is 94.6 cm³/mol. The third-order valence-electron chi connectivity index (χ3n) is 4.21. The maximum absolute atomic E-state index is 12.6. The highest BCUT2D eigenvalue weighted by Crippen LogP contribution is 2.34. The molecule has 1 aromatic carbocycles. The van der Waals surface area contributed by atoms with Crippen LogP contribution in [0.2, 0.25) is 0 Å². The summed E-state index contributed by atoms with van der Waals surface area (Å²) >= 11 is 0. The van der Waals surface area contributed by atoms with Gasteiger partial charge in [-0.15, -0.1) is 0 Å². The zero-order chi connectivity index (χ0) is 18.2. The van der Waals surface area contributed by atoms with Crippen LogP contribution in [0.4, 0.5) is 4.79 Å². The lowest BCUT2D eigenvalue weighted by atomic mass is 10.1. The van der Waals surface area contributed by atoms with Crippen molar-refractivity contribution in [2.45, 2.75) is 51.9 Å². The number of likely N-dealkylation sites (tertiary alicyclic amines) is 1. The molecule has 0 radical (unpaired) electrons. The number of carbonyl (C=O) groups is 1. The monoisotopic (exact) mass is 343 g/mol. The number of rotatable bonds is 2. The number of hydrogen-bond donors (Lipinski definition) is 1. The number of aryl methyl sites for hydroxylation is 1. The van der Waals surface area contributed by atoms with E-state index in [0.717, 1.165) is 11.3 Å². The van der Waals surface area contributed by atoms with E-state index in [1.54, 1.807) is 11.1 Å². The first kappa shape index (κ1) is 17.5. The highest BCUT2D eigenvalue weighted by molar-refractivity contribution is 5.69. The van der Waals surface area contributed by atoms with Crippen molar-refractivity contribution in [1.82, 2.24) is 14.5 Å². The quantitative estimate of drug-likeness (QED) is 0.909. The molecule has 0 aliphatic carbocycles. The molecule has 1 amide bonds. The lowest BCUT2D eigenvalue weighted by Gasteiger charge is -2.29. The number of imidazole rings is 1. The van der Waals surface area contributed by atoms with Gasteiger partial charge in [-0.2, -0.15) is 0 Å². The molecule has 1 saturated heterocycles. The Balaban J connectivity index is 1.94. The highest BCUT2D eigenvalue weighted by Gasteiger charge is 2.41. The molecule has 1 N–H and O–H groups in total. The van der Waals surface area contributed by atoms with Crippen LogP contribution < -0.4 is 0 Å². The van der Waals surface area contributed by atoms with Gasteiger partial charge < -0.3 is 14.4 Å². The molecule has 1 aliphatic rings. The maximum Gasteiger partial charge on any atom is 0.411 e. The van der Waals surface area contributed by atoms with Crippen molar-refractivity contribution in [3.8, 4) is 5.69 Å². The Morgan fingerprint density at radius 2 is 2.12 bits per heavy atom. The lowest BCUT2D eigenvalue weighted by molar-refractivity contribution is 0.0139. The average molecular weight is 343 g/mol. The number of aliphatic hydroxyl groups excluding tert-OH is 1. The van der Waals surface area contributed by atoms with Crippen LogP contribution in [-0.2, 0) is 4.74 Å². The van der Waals surface area contributed by atoms with Crippen molar-refractivity contribution in [2.24, 2.45) is 0 Å². The molecule has 1 fully saturated rings. The Labute approximate surface area is 148 Å². The van der Waals surface area contributed by atoms with Gasteiger partial charge in [0.25, 0.3) is 0 Å². The molecule has 0 bridgehead atoms. The molecule has 2 heterocycles. The summed E-state index contributed by atoms with van der Waals surface area (Å²) in [6.07, 6.45) is 2.95. The van der Waals surface area contributed by atoms with Crippen LogP contribution in [0, 0.1) is 6.92 Å². The van der Waals surface area contributed by atoms with Gasteiger partial charge in [0.1, 0.15) is 17.5 Å². The van der Waals surface area contributed by atoms with Gasteiger partial charge in [0.2, 0.25) is 0 Å². The zero-order valence-electron chi connectivity index (χ0n) is 15.1. The summed E-state index contributed by atoms with van der Waals surface area (Å²) < 4.78 is 7.42. The third-order valence-corrected chi connectivity index (χ3v) is 4.21. The molecule has 0 spiro atoms. The molecular formula is C19H25N3O3. The van der Waals surface area contributed by atoms with E-state index < -0.39 is 23.8 Å². The summed E-state index contributed by atoms with van der Waals surface area (Å²) in [6.45, 7) is 7.97. The van der Waals surface area contributed by atoms with E-state index in [-0.39, 0.29) is 0 Å². The summed E-state index contributed by atoms with van der Waals surface area (Å²) in [5.41, 5.74) is 1.50. The first-order valence-corrected chi connectivity index (χ1v) is 8.54. The van der Waals surface area contributed by atoms with E-state index in [0.29, 0.717) is 18.8 Å². The summed E-state index contributed by atoms with van der Waals surface area (Å²) in [6, 6.07) is 7.51. The molecule has 25 heavy (non-hydrogen) atoms. The molecule has 2 aromatic rings. The molecule has 1 aromatic heterocycles. The second-order valence-electron chi connectivity index (χ2n) is 7.47. The molecule has 0 saturated carbocycles. The number of hydrogen-bond acceptors (Lipinski definition) is 4. The molecule has 1 aliphatic heterocycles. The minimum atomic E-state index is -0.668. The van der Waals surface area contributed by atoms with E-state index in [1.165, 1.54) is 0 Å². The lowest BCUT2D eigenvalue weighted by Crippen LogP contribution is -2.38. The van der Waals surface area contributed by atoms with Gasteiger partial charge in [0, 0.05) is 24.6 Å². The second kappa shape index (κ2) is 6.52. The SMILES string of the molecule is Cc1cccc(-n2ccnc2[C@@H]2[C@@H](O)CCN2C(=O)OC(C)(C)C)c1. The van der Waals surface area contributed by atoms with Gasteiger partial charge in [0.15, 0.2) is 0 Å². The highest BCUT2D eigenvalue weighted by atomic mass is 16.6. The number of carbonyl (C=O) groups excluding carboxylic acids is 1. The zero-order valence-corrected chi connectivity index (χ0v) is 15.1. The molecular weight excluding hydrogens is 318 g/mol. The van der Waals surface area contributed by atoms with Crippen LogP contribution in [0.1, 0.15) is 44.6 Å². The fraction of sp³-hybridized carbons (Fsp3) is 0.474. The van der Waals surface area contributed by atoms with E-state index in [1.807, 2.05) is 62.7 Å². The van der Waals surface area contributed by atoms with Crippen molar-refractivity contribution < 1.29 is 14.6 Å². The molecule has 2 atom stereocenters. The first-order chi connectivity index (χ1) is 11.8. The average Bonchev–Trinajstić information content (AvgIpc) is 3.11. The molecule has 6 heteroatoms. The number of aromatic nitrogens is 2. The normalized spacial score (nSPS) is 20.8. The van der Waals surface area contributed by atoms with Crippen LogP contribution in [0.5, 0.6) is 0 Å². The van der Waals surface area contributed by atoms with Crippen molar-refractivity contribution in [1.29, 1.82) is 0 Å². The van der Waals surface area contributed by atoms with Gasteiger partial charge in [-0.1, -0.05) is 12.1 Å². The minimum absolute atomic E-state index is 0.423. The maximum atomic E-state index is 12.6. The minimum Gasteiger partial charge on any atom is -0.444 e. The van der Waals surface area contributed by atoms with E-state index in [4.69, 9.17) is 4.74 Å². The van der Waals surface area contributed by atoms with Crippen molar-refractivity contribution in [3.63, 3.8) is 0 Å². The third kappa shape index (κ3) is 3.69. The van der Waals surface area contributed by atoms with Gasteiger partial charge in [-0.3, -0.25) is 4.90 Å². The van der Waals surface area contributed by atoms with E-state index >= 15 is 0 Å². The number of aliphatic hydroxyl groups is 1. The summed E-state index contributed by atoms with van der Waals surface area (Å²) in [7, 11) is 0. The largest absolute Gasteiger partial charge is 0.444 e. The smallest absolute Gasteiger partial charge is 0.411 e. The van der Waals surface area contributed by atoms with Gasteiger partial charge in [-0.25, -0.2) is 9.78 Å². The standard InChI is InChI=1S/C19H25N3O3/c1-13-6-5-7-14(12-13)21-11-9-20-17(21)16-15(23)8-10-22(16)18(24)25-19(2,3)4/h5-7,9,11-12,15-16,23H,8,10H2,1-4H3/t15-,16-/m0/s1. The van der Waals surface area contributed by atoms with Crippen LogP contribution in [0.3, 0.4) is 0 Å². The Hall–Kier alpha value is -2.34. The fourth-order valence-electron chi connectivity index (χ4n) is 3.14. The Morgan fingerprint density at radius 1 is 1.36 bits per heavy atom. The first-order valence-electron chi connectivity index (χ1n) is 8.54. The van der Waals surface area contributed by atoms with Crippen molar-refractivity contribution >= 4 is 6.09 Å². The fourth-order valence-corrected chi connectivity index (χ4v) is 3.14. The Morgan fingerprint density at radius 3 is 2.80 bits per heavy atom. The van der Waals surface area contributed by atoms with Gasteiger partial charge in [-0.05, 0) is 51.8 Å². The second-order valence-corrected chi connectivity index (χ2v) is 7.47. The topological polar surface area (TPSA) is 67.6 Å². The van der Waals surface area contributed by atoms with Crippen LogP contribution in [0.15, 0.2) is 36.7 Å². The number of benzene rings is 1. The van der Waals surface area contributed by atoms with E-state index in [2.05, 4.69) is 4.98 Å². The number of amides is 1. The summed E-state index contributed by atoms with van der Waals surface area (Å²) in [5, 5.41) is 10.5. The van der Waals surface area contributed by atoms with Crippen molar-refractivity contribution in [3.05, 3.63) is 48.0 Å². The number of ether oxygens (including phenoxy) is 1. The Kier molecular flexibility index (Phi) is 4.56. The Bertz CT molecular complexity index is 763. The molecule has 0 unspecified atom stereocenters. The van der Waals surface area contributed by atoms with Crippen LogP contribution >= 0.6 is 0 Å². The van der Waals surface area contributed by atoms with Gasteiger partial charge >= 0.3 is 6.09 Å². The van der Waals surface area contributed by atoms with Crippen molar-refractivity contribution in [2.75, 3.05) is 6.54 Å². The number of nitrogens with zero attached hydrogens (tertiary/aromatic N) is 3.